The van der Waals surface area contributed by atoms with E-state index in [2.05, 4.69) is 12.2 Å². The zero-order chi connectivity index (χ0) is 8.77. The fourth-order valence-electron chi connectivity index (χ4n) is 2.56. The van der Waals surface area contributed by atoms with Gasteiger partial charge in [0.15, 0.2) is 0 Å². The molecule has 0 radical (unpaired) electrons. The van der Waals surface area contributed by atoms with Gasteiger partial charge in [-0.05, 0) is 37.6 Å². The Bertz CT molecular complexity index is 207. The molecule has 0 aromatic rings. The zero-order valence-electron chi connectivity index (χ0n) is 7.40. The first-order valence-electron chi connectivity index (χ1n) is 4.70. The van der Waals surface area contributed by atoms with E-state index in [1.54, 1.807) is 6.55 Å². The highest BCUT2D eigenvalue weighted by molar-refractivity contribution is 6.65. The monoisotopic (exact) mass is 184 g/mol. The van der Waals surface area contributed by atoms with Crippen molar-refractivity contribution in [1.82, 2.24) is 0 Å². The van der Waals surface area contributed by atoms with Gasteiger partial charge in [-0.2, -0.15) is 0 Å². The largest absolute Gasteiger partial charge is 0.411 e. The van der Waals surface area contributed by atoms with E-state index in [0.717, 1.165) is 12.8 Å². The van der Waals surface area contributed by atoms with Crippen LogP contribution in [0.1, 0.15) is 19.3 Å². The molecule has 0 aromatic carbocycles. The van der Waals surface area contributed by atoms with E-state index in [-0.39, 0.29) is 5.54 Å². The van der Waals surface area contributed by atoms with Crippen LogP contribution in [0.25, 0.3) is 0 Å². The number of fused-ring (bicyclic) bond motifs is 2. The van der Waals surface area contributed by atoms with E-state index in [9.17, 15) is 9.59 Å². The molecule has 2 N–H and O–H groups in total. The first-order valence-corrected chi connectivity index (χ1v) is 7.17. The lowest BCUT2D eigenvalue weighted by molar-refractivity contribution is 0.254. The third kappa shape index (κ3) is 1.37. The lowest BCUT2D eigenvalue weighted by Crippen LogP contribution is -2.44. The van der Waals surface area contributed by atoms with Crippen LogP contribution in [-0.4, -0.2) is 18.2 Å². The molecule has 3 aliphatic carbocycles. The van der Waals surface area contributed by atoms with Gasteiger partial charge in [-0.15, -0.1) is 0 Å². The van der Waals surface area contributed by atoms with Crippen molar-refractivity contribution in [2.45, 2.75) is 31.4 Å². The highest BCUT2D eigenvalue weighted by Gasteiger charge is 2.44. The number of hydrogen-bond acceptors (Lipinski definition) is 2. The quantitative estimate of drug-likeness (QED) is 0.478. The molecule has 68 valence electrons. The maximum atomic E-state index is 9.63. The second-order valence-electron chi connectivity index (χ2n) is 4.32. The van der Waals surface area contributed by atoms with Gasteiger partial charge in [0.25, 0.3) is 0 Å². The van der Waals surface area contributed by atoms with Gasteiger partial charge in [-0.25, -0.2) is 0 Å². The van der Waals surface area contributed by atoms with Gasteiger partial charge in [0, 0.05) is 5.54 Å². The van der Waals surface area contributed by atoms with Crippen LogP contribution in [0.3, 0.4) is 0 Å². The number of hydrogen-bond donors (Lipinski definition) is 2. The molecule has 3 heteroatoms. The second kappa shape index (κ2) is 2.69. The summed E-state index contributed by atoms with van der Waals surface area (Å²) in [5, 5.41) is 0. The van der Waals surface area contributed by atoms with E-state index >= 15 is 0 Å². The molecule has 3 aliphatic rings. The minimum atomic E-state index is -2.86. The smallest absolute Gasteiger partial charge is 0.333 e. The Kier molecular flexibility index (Phi) is 1.90. The van der Waals surface area contributed by atoms with E-state index in [1.165, 1.54) is 6.42 Å². The molecule has 0 aliphatic heterocycles. The summed E-state index contributed by atoms with van der Waals surface area (Å²) < 4.78 is 0. The molecule has 2 bridgehead atoms. The van der Waals surface area contributed by atoms with Gasteiger partial charge in [0.1, 0.15) is 0 Å². The van der Waals surface area contributed by atoms with Crippen LogP contribution in [0.15, 0.2) is 12.2 Å². The van der Waals surface area contributed by atoms with Crippen molar-refractivity contribution in [3.8, 4) is 0 Å². The molecule has 0 saturated heterocycles. The average Bonchev–Trinajstić information content (AvgIpc) is 2.05. The van der Waals surface area contributed by atoms with Crippen LogP contribution in [-0.2, 0) is 0 Å². The Balaban J connectivity index is 2.16. The SMILES string of the molecule is C[Si](O)(O)C1CC2C=CC1CC2. The van der Waals surface area contributed by atoms with E-state index in [4.69, 9.17) is 0 Å². The fraction of sp³-hybridized carbons (Fsp3) is 0.778. The van der Waals surface area contributed by atoms with Crippen LogP contribution in [0, 0.1) is 11.8 Å². The predicted octanol–water partition coefficient (Wildman–Crippen LogP) is 1.40. The summed E-state index contributed by atoms with van der Waals surface area (Å²) in [5.41, 5.74) is 0.196. The summed E-state index contributed by atoms with van der Waals surface area (Å²) >= 11 is 0. The summed E-state index contributed by atoms with van der Waals surface area (Å²) in [7, 11) is -2.86. The second-order valence-corrected chi connectivity index (χ2v) is 7.25. The van der Waals surface area contributed by atoms with Crippen molar-refractivity contribution < 1.29 is 9.59 Å². The van der Waals surface area contributed by atoms with Crippen molar-refractivity contribution >= 4 is 8.56 Å². The topological polar surface area (TPSA) is 40.5 Å². The van der Waals surface area contributed by atoms with Crippen molar-refractivity contribution in [1.29, 1.82) is 0 Å². The standard InChI is InChI=1S/C9H16O2Si/c1-12(10,11)9-6-7-2-4-8(9)5-3-7/h2,4,7-11H,3,5-6H2,1H3. The molecule has 0 amide bonds. The molecular weight excluding hydrogens is 168 g/mol. The van der Waals surface area contributed by atoms with Crippen LogP contribution >= 0.6 is 0 Å². The van der Waals surface area contributed by atoms with Crippen LogP contribution in [0.2, 0.25) is 12.1 Å². The zero-order valence-corrected chi connectivity index (χ0v) is 8.40. The summed E-state index contributed by atoms with van der Waals surface area (Å²) in [5.74, 6) is 1.09. The normalized spacial score (nSPS) is 40.4. The van der Waals surface area contributed by atoms with E-state index in [0.29, 0.717) is 11.8 Å². The first kappa shape index (κ1) is 8.47. The Morgan fingerprint density at radius 2 is 2.00 bits per heavy atom. The van der Waals surface area contributed by atoms with Crippen LogP contribution in [0.4, 0.5) is 0 Å². The van der Waals surface area contributed by atoms with Crippen molar-refractivity contribution in [3.05, 3.63) is 12.2 Å². The Labute approximate surface area is 74.2 Å². The molecule has 2 nitrogen and oxygen atoms in total. The molecule has 3 atom stereocenters. The van der Waals surface area contributed by atoms with Crippen LogP contribution < -0.4 is 0 Å². The maximum Gasteiger partial charge on any atom is 0.333 e. The third-order valence-corrected chi connectivity index (χ3v) is 5.35. The Morgan fingerprint density at radius 3 is 2.25 bits per heavy atom. The van der Waals surface area contributed by atoms with Crippen LogP contribution in [0.5, 0.6) is 0 Å². The van der Waals surface area contributed by atoms with Crippen molar-refractivity contribution in [2.24, 2.45) is 11.8 Å². The molecule has 0 aromatic heterocycles. The summed E-state index contributed by atoms with van der Waals surface area (Å²) in [6.07, 6.45) is 7.87. The molecule has 3 unspecified atom stereocenters. The highest BCUT2D eigenvalue weighted by Crippen LogP contribution is 2.47. The van der Waals surface area contributed by atoms with E-state index in [1.807, 2.05) is 0 Å². The Hall–Kier alpha value is -0.123. The summed E-state index contributed by atoms with van der Waals surface area (Å²) in [6, 6.07) is 0. The third-order valence-electron chi connectivity index (χ3n) is 3.28. The number of rotatable bonds is 1. The molecule has 0 heterocycles. The van der Waals surface area contributed by atoms with Gasteiger partial charge in [0.2, 0.25) is 0 Å². The minimum absolute atomic E-state index is 0.196. The molecule has 0 spiro atoms. The predicted molar refractivity (Wildman–Crippen MR) is 49.8 cm³/mol. The minimum Gasteiger partial charge on any atom is -0.411 e. The molecule has 1 saturated carbocycles. The Morgan fingerprint density at radius 1 is 1.25 bits per heavy atom. The molecule has 1 fully saturated rings. The maximum absolute atomic E-state index is 9.63. The highest BCUT2D eigenvalue weighted by atomic mass is 28.4. The summed E-state index contributed by atoms with van der Waals surface area (Å²) in [6.45, 7) is 1.65. The van der Waals surface area contributed by atoms with Gasteiger partial charge >= 0.3 is 8.56 Å². The van der Waals surface area contributed by atoms with Gasteiger partial charge < -0.3 is 9.59 Å². The molecular formula is C9H16O2Si. The summed E-state index contributed by atoms with van der Waals surface area (Å²) in [4.78, 5) is 19.3. The fourth-order valence-corrected chi connectivity index (χ4v) is 4.40. The van der Waals surface area contributed by atoms with Crippen molar-refractivity contribution in [3.63, 3.8) is 0 Å². The van der Waals surface area contributed by atoms with Crippen molar-refractivity contribution in [2.75, 3.05) is 0 Å². The molecule has 3 rings (SSSR count). The van der Waals surface area contributed by atoms with E-state index < -0.39 is 8.56 Å². The van der Waals surface area contributed by atoms with Gasteiger partial charge in [0.05, 0.1) is 0 Å². The lowest BCUT2D eigenvalue weighted by Gasteiger charge is -2.41. The number of allylic oxidation sites excluding steroid dienone is 2. The first-order chi connectivity index (χ1) is 5.57. The van der Waals surface area contributed by atoms with Gasteiger partial charge in [-0.3, -0.25) is 0 Å². The lowest BCUT2D eigenvalue weighted by atomic mass is 9.76. The average molecular weight is 184 g/mol. The molecule has 12 heavy (non-hydrogen) atoms. The van der Waals surface area contributed by atoms with Gasteiger partial charge in [-0.1, -0.05) is 12.2 Å².